The predicted octanol–water partition coefficient (Wildman–Crippen LogP) is 2.94. The van der Waals surface area contributed by atoms with Crippen LogP contribution in [0, 0.1) is 6.92 Å². The molecule has 0 bridgehead atoms. The number of aromatic nitrogens is 2. The van der Waals surface area contributed by atoms with Gasteiger partial charge in [-0.25, -0.2) is 14.6 Å². The van der Waals surface area contributed by atoms with Gasteiger partial charge in [-0.2, -0.15) is 0 Å². The van der Waals surface area contributed by atoms with Gasteiger partial charge in [0.1, 0.15) is 5.65 Å². The average Bonchev–Trinajstić information content (AvgIpc) is 3.07. The minimum Gasteiger partial charge on any atom is -0.466 e. The highest BCUT2D eigenvalue weighted by Crippen LogP contribution is 2.24. The van der Waals surface area contributed by atoms with Crippen LogP contribution in [0.1, 0.15) is 27.6 Å². The molecule has 2 aromatic heterocycles. The van der Waals surface area contributed by atoms with Gasteiger partial charge in [-0.3, -0.25) is 0 Å². The van der Waals surface area contributed by atoms with Crippen molar-refractivity contribution >= 4 is 23.0 Å². The number of ether oxygens (including phenoxy) is 2. The lowest BCUT2D eigenvalue weighted by Gasteiger charge is -2.16. The number of esters is 2. The molecule has 0 saturated heterocycles. The van der Waals surface area contributed by atoms with E-state index in [9.17, 15) is 9.59 Å². The van der Waals surface area contributed by atoms with Crippen molar-refractivity contribution in [2.75, 3.05) is 7.11 Å². The molecule has 24 heavy (non-hydrogen) atoms. The summed E-state index contributed by atoms with van der Waals surface area (Å²) in [4.78, 5) is 31.7. The fourth-order valence-electron chi connectivity index (χ4n) is 2.50. The number of hydrogen-bond acceptors (Lipinski definition) is 5. The molecule has 1 atom stereocenters. The Hall–Kier alpha value is -3.15. The summed E-state index contributed by atoms with van der Waals surface area (Å²) in [6, 6.07) is 10.5. The van der Waals surface area contributed by atoms with Crippen LogP contribution in [-0.4, -0.2) is 29.0 Å². The lowest BCUT2D eigenvalue weighted by atomic mass is 10.1. The molecule has 1 unspecified atom stereocenters. The summed E-state index contributed by atoms with van der Waals surface area (Å²) in [6.07, 6.45) is 2.08. The average molecular weight is 324 g/mol. The van der Waals surface area contributed by atoms with Crippen LogP contribution in [-0.2, 0) is 14.3 Å². The monoisotopic (exact) mass is 324 g/mol. The minimum absolute atomic E-state index is 0.336. The largest absolute Gasteiger partial charge is 0.466 e. The Bertz CT molecular complexity index is 901. The molecule has 0 fully saturated rings. The first kappa shape index (κ1) is 15.7. The third-order valence-corrected chi connectivity index (χ3v) is 3.67. The van der Waals surface area contributed by atoms with Gasteiger partial charge in [-0.05, 0) is 19.1 Å². The highest BCUT2D eigenvalue weighted by molar-refractivity contribution is 6.03. The quantitative estimate of drug-likeness (QED) is 0.746. The van der Waals surface area contributed by atoms with Crippen molar-refractivity contribution in [3.8, 4) is 0 Å². The number of fused-ring (bicyclic) bond motifs is 1. The van der Waals surface area contributed by atoms with Gasteiger partial charge >= 0.3 is 11.9 Å². The number of pyridine rings is 1. The normalized spacial score (nSPS) is 11.9. The van der Waals surface area contributed by atoms with Gasteiger partial charge in [0.05, 0.1) is 12.7 Å². The number of aryl methyl sites for hydroxylation is 1. The van der Waals surface area contributed by atoms with Crippen LogP contribution in [0.2, 0.25) is 0 Å². The molecule has 0 aliphatic carbocycles. The topological polar surface area (TPSA) is 81.3 Å². The van der Waals surface area contributed by atoms with Gasteiger partial charge in [0.25, 0.3) is 0 Å². The number of hydrogen-bond donors (Lipinski definition) is 1. The van der Waals surface area contributed by atoms with Crippen molar-refractivity contribution in [3.05, 3.63) is 65.5 Å². The van der Waals surface area contributed by atoms with E-state index >= 15 is 0 Å². The fourth-order valence-corrected chi connectivity index (χ4v) is 2.50. The Kier molecular flexibility index (Phi) is 4.29. The molecule has 6 heteroatoms. The summed E-state index contributed by atoms with van der Waals surface area (Å²) in [5.41, 5.74) is 2.43. The first-order chi connectivity index (χ1) is 11.6. The van der Waals surface area contributed by atoms with Crippen LogP contribution in [0.15, 0.2) is 48.8 Å². The highest BCUT2D eigenvalue weighted by atomic mass is 16.6. The van der Waals surface area contributed by atoms with E-state index in [1.807, 2.05) is 13.0 Å². The summed E-state index contributed by atoms with van der Waals surface area (Å²) in [6.45, 7) is 1.89. The summed E-state index contributed by atoms with van der Waals surface area (Å²) >= 11 is 0. The van der Waals surface area contributed by atoms with Crippen LogP contribution in [0.3, 0.4) is 0 Å². The first-order valence-electron chi connectivity index (χ1n) is 7.37. The molecule has 0 aliphatic heterocycles. The predicted molar refractivity (Wildman–Crippen MR) is 87.4 cm³/mol. The second-order valence-electron chi connectivity index (χ2n) is 5.32. The number of aromatic amines is 1. The van der Waals surface area contributed by atoms with Gasteiger partial charge < -0.3 is 14.5 Å². The zero-order valence-corrected chi connectivity index (χ0v) is 13.3. The van der Waals surface area contributed by atoms with E-state index in [1.165, 1.54) is 13.3 Å². The number of nitrogens with zero attached hydrogens (tertiary/aromatic N) is 1. The van der Waals surface area contributed by atoms with E-state index in [1.54, 1.807) is 36.5 Å². The zero-order valence-electron chi connectivity index (χ0n) is 13.3. The van der Waals surface area contributed by atoms with Crippen LogP contribution in [0.25, 0.3) is 11.0 Å². The Morgan fingerprint density at radius 2 is 2.04 bits per heavy atom. The van der Waals surface area contributed by atoms with Gasteiger partial charge in [0.2, 0.25) is 6.10 Å². The van der Waals surface area contributed by atoms with Crippen LogP contribution in [0.4, 0.5) is 0 Å². The molecule has 1 aromatic carbocycles. The standard InChI is InChI=1S/C18H16N2O4/c1-11-4-3-5-12(10-11)15(18(22)23-2)24-17(21)14-7-9-20-16-13(14)6-8-19-16/h3-10,15H,1-2H3,(H,19,20). The molecular formula is C18H16N2O4. The maximum Gasteiger partial charge on any atom is 0.351 e. The van der Waals surface area contributed by atoms with E-state index in [2.05, 4.69) is 9.97 Å². The summed E-state index contributed by atoms with van der Waals surface area (Å²) in [5.74, 6) is -1.24. The number of methoxy groups -OCH3 is 1. The number of benzene rings is 1. The van der Waals surface area contributed by atoms with Crippen LogP contribution >= 0.6 is 0 Å². The van der Waals surface area contributed by atoms with Gasteiger partial charge in [-0.1, -0.05) is 29.8 Å². The zero-order chi connectivity index (χ0) is 17.1. The van der Waals surface area contributed by atoms with E-state index in [0.717, 1.165) is 5.56 Å². The molecule has 3 rings (SSSR count). The van der Waals surface area contributed by atoms with Crippen molar-refractivity contribution in [3.63, 3.8) is 0 Å². The maximum atomic E-state index is 12.6. The molecule has 0 aliphatic rings. The van der Waals surface area contributed by atoms with Crippen molar-refractivity contribution in [2.24, 2.45) is 0 Å². The molecule has 0 saturated carbocycles. The third-order valence-electron chi connectivity index (χ3n) is 3.67. The molecule has 0 radical (unpaired) electrons. The van der Waals surface area contributed by atoms with Gasteiger partial charge in [0.15, 0.2) is 0 Å². The van der Waals surface area contributed by atoms with Crippen molar-refractivity contribution in [2.45, 2.75) is 13.0 Å². The molecule has 3 aromatic rings. The second-order valence-corrected chi connectivity index (χ2v) is 5.32. The number of nitrogens with one attached hydrogen (secondary N) is 1. The maximum absolute atomic E-state index is 12.6. The Labute approximate surface area is 138 Å². The summed E-state index contributed by atoms with van der Waals surface area (Å²) in [5, 5.41) is 0.635. The van der Waals surface area contributed by atoms with E-state index in [-0.39, 0.29) is 0 Å². The van der Waals surface area contributed by atoms with Crippen molar-refractivity contribution in [1.29, 1.82) is 0 Å². The van der Waals surface area contributed by atoms with Crippen molar-refractivity contribution < 1.29 is 19.1 Å². The molecular weight excluding hydrogens is 308 g/mol. The number of rotatable bonds is 4. The number of carbonyl (C=O) groups excluding carboxylic acids is 2. The number of H-pyrrole nitrogens is 1. The highest BCUT2D eigenvalue weighted by Gasteiger charge is 2.27. The Morgan fingerprint density at radius 3 is 2.79 bits per heavy atom. The molecule has 2 heterocycles. The van der Waals surface area contributed by atoms with E-state index in [0.29, 0.717) is 22.2 Å². The smallest absolute Gasteiger partial charge is 0.351 e. The lowest BCUT2D eigenvalue weighted by Crippen LogP contribution is -2.21. The first-order valence-corrected chi connectivity index (χ1v) is 7.37. The molecule has 122 valence electrons. The van der Waals surface area contributed by atoms with Gasteiger partial charge in [0, 0.05) is 23.3 Å². The molecule has 0 amide bonds. The minimum atomic E-state index is -1.12. The molecule has 1 N–H and O–H groups in total. The SMILES string of the molecule is COC(=O)C(OC(=O)c1ccnc2[nH]ccc12)c1cccc(C)c1. The molecule has 0 spiro atoms. The molecule has 6 nitrogen and oxygen atoms in total. The van der Waals surface area contributed by atoms with Crippen molar-refractivity contribution in [1.82, 2.24) is 9.97 Å². The van der Waals surface area contributed by atoms with E-state index < -0.39 is 18.0 Å². The summed E-state index contributed by atoms with van der Waals surface area (Å²) < 4.78 is 10.2. The lowest BCUT2D eigenvalue weighted by molar-refractivity contribution is -0.151. The van der Waals surface area contributed by atoms with Crippen LogP contribution < -0.4 is 0 Å². The Balaban J connectivity index is 1.94. The number of carbonyl (C=O) groups is 2. The van der Waals surface area contributed by atoms with E-state index in [4.69, 9.17) is 9.47 Å². The summed E-state index contributed by atoms with van der Waals surface area (Å²) in [7, 11) is 1.26. The third kappa shape index (κ3) is 2.99. The fraction of sp³-hybridized carbons (Fsp3) is 0.167. The van der Waals surface area contributed by atoms with Gasteiger partial charge in [-0.15, -0.1) is 0 Å². The van der Waals surface area contributed by atoms with Crippen LogP contribution in [0.5, 0.6) is 0 Å². The second kappa shape index (κ2) is 6.54. The Morgan fingerprint density at radius 1 is 1.21 bits per heavy atom.